The fourth-order valence-corrected chi connectivity index (χ4v) is 1.98. The minimum Gasteiger partial charge on any atom is -0.389 e. The molecule has 0 amide bonds. The Hall–Kier alpha value is -0.200. The first kappa shape index (κ1) is 10.3. The van der Waals surface area contributed by atoms with Crippen LogP contribution in [0.25, 0.3) is 0 Å². The third-order valence-electron chi connectivity index (χ3n) is 2.76. The van der Waals surface area contributed by atoms with Crippen molar-refractivity contribution in [3.63, 3.8) is 0 Å². The molecule has 2 heterocycles. The summed E-state index contributed by atoms with van der Waals surface area (Å²) < 4.78 is 11.0. The van der Waals surface area contributed by atoms with E-state index in [9.17, 15) is 10.2 Å². The maximum absolute atomic E-state index is 9.64. The van der Waals surface area contributed by atoms with E-state index in [-0.39, 0.29) is 12.1 Å². The van der Waals surface area contributed by atoms with Gasteiger partial charge in [-0.1, -0.05) is 0 Å². The molecule has 0 saturated carbocycles. The molecule has 82 valence electrons. The van der Waals surface area contributed by atoms with Crippen molar-refractivity contribution in [1.82, 2.24) is 5.32 Å². The minimum absolute atomic E-state index is 0.183. The molecule has 5 nitrogen and oxygen atoms in total. The van der Waals surface area contributed by atoms with Gasteiger partial charge in [-0.25, -0.2) is 0 Å². The van der Waals surface area contributed by atoms with Crippen LogP contribution in [0, 0.1) is 0 Å². The third kappa shape index (κ3) is 1.78. The zero-order chi connectivity index (χ0) is 10.3. The minimum atomic E-state index is -0.766. The van der Waals surface area contributed by atoms with Gasteiger partial charge in [-0.3, -0.25) is 0 Å². The van der Waals surface area contributed by atoms with Gasteiger partial charge in [0.2, 0.25) is 0 Å². The van der Waals surface area contributed by atoms with Gasteiger partial charge in [0.25, 0.3) is 0 Å². The first-order chi connectivity index (χ1) is 6.49. The van der Waals surface area contributed by atoms with Gasteiger partial charge < -0.3 is 25.0 Å². The Morgan fingerprint density at radius 3 is 2.50 bits per heavy atom. The van der Waals surface area contributed by atoms with Crippen molar-refractivity contribution in [2.75, 3.05) is 13.2 Å². The van der Waals surface area contributed by atoms with Crippen LogP contribution in [0.5, 0.6) is 0 Å². The number of hydrogen-bond donors (Lipinski definition) is 3. The molecule has 0 aromatic rings. The molecular formula is C9H17NO4. The zero-order valence-corrected chi connectivity index (χ0v) is 8.43. The summed E-state index contributed by atoms with van der Waals surface area (Å²) in [5.74, 6) is -0.584. The average molecular weight is 203 g/mol. The SMILES string of the molecule is CC1(C)OC[C@@H]([C@@H]2NC[C@@H](O)[C@H]2O)O1. The van der Waals surface area contributed by atoms with Gasteiger partial charge in [-0.15, -0.1) is 0 Å². The van der Waals surface area contributed by atoms with Gasteiger partial charge in [0, 0.05) is 6.54 Å². The van der Waals surface area contributed by atoms with E-state index in [0.717, 1.165) is 0 Å². The fraction of sp³-hybridized carbons (Fsp3) is 1.00. The summed E-state index contributed by atoms with van der Waals surface area (Å²) in [7, 11) is 0. The summed E-state index contributed by atoms with van der Waals surface area (Å²) in [5.41, 5.74) is 0. The molecule has 5 heteroatoms. The molecule has 0 bridgehead atoms. The highest BCUT2D eigenvalue weighted by atomic mass is 16.7. The average Bonchev–Trinajstić information content (AvgIpc) is 2.59. The molecule has 4 atom stereocenters. The van der Waals surface area contributed by atoms with Crippen molar-refractivity contribution >= 4 is 0 Å². The predicted molar refractivity (Wildman–Crippen MR) is 48.7 cm³/mol. The van der Waals surface area contributed by atoms with Crippen LogP contribution >= 0.6 is 0 Å². The number of ether oxygens (including phenoxy) is 2. The normalized spacial score (nSPS) is 47.1. The quantitative estimate of drug-likeness (QED) is 0.501. The predicted octanol–water partition coefficient (Wildman–Crippen LogP) is -1.17. The molecule has 3 N–H and O–H groups in total. The molecule has 0 aromatic carbocycles. The maximum atomic E-state index is 9.64. The first-order valence-corrected chi connectivity index (χ1v) is 4.91. The monoisotopic (exact) mass is 203 g/mol. The number of hydrogen-bond acceptors (Lipinski definition) is 5. The van der Waals surface area contributed by atoms with Crippen LogP contribution in [0.15, 0.2) is 0 Å². The number of rotatable bonds is 1. The second-order valence-corrected chi connectivity index (χ2v) is 4.36. The van der Waals surface area contributed by atoms with Gasteiger partial charge in [0.05, 0.1) is 24.9 Å². The van der Waals surface area contributed by atoms with E-state index in [2.05, 4.69) is 5.32 Å². The lowest BCUT2D eigenvalue weighted by Crippen LogP contribution is -2.45. The van der Waals surface area contributed by atoms with Crippen molar-refractivity contribution in [1.29, 1.82) is 0 Å². The van der Waals surface area contributed by atoms with E-state index < -0.39 is 18.0 Å². The van der Waals surface area contributed by atoms with E-state index in [4.69, 9.17) is 9.47 Å². The van der Waals surface area contributed by atoms with Gasteiger partial charge in [0.1, 0.15) is 6.10 Å². The van der Waals surface area contributed by atoms with Crippen molar-refractivity contribution in [3.8, 4) is 0 Å². The molecule has 2 aliphatic heterocycles. The van der Waals surface area contributed by atoms with Crippen LogP contribution in [0.3, 0.4) is 0 Å². The Morgan fingerprint density at radius 1 is 1.36 bits per heavy atom. The lowest BCUT2D eigenvalue weighted by Gasteiger charge is -2.23. The molecule has 0 aliphatic carbocycles. The third-order valence-corrected chi connectivity index (χ3v) is 2.76. The van der Waals surface area contributed by atoms with Crippen LogP contribution in [0.4, 0.5) is 0 Å². The molecule has 0 radical (unpaired) electrons. The molecule has 0 spiro atoms. The highest BCUT2D eigenvalue weighted by molar-refractivity contribution is 4.97. The standard InChI is InChI=1S/C9H17NO4/c1-9(2)13-4-6(14-9)7-8(12)5(11)3-10-7/h5-8,10-12H,3-4H2,1-2H3/t5-,6+,7+,8-/m1/s1. The molecule has 14 heavy (non-hydrogen) atoms. The fourth-order valence-electron chi connectivity index (χ4n) is 1.98. The van der Waals surface area contributed by atoms with Crippen molar-refractivity contribution in [2.45, 2.75) is 44.0 Å². The number of aliphatic hydroxyl groups is 2. The second-order valence-electron chi connectivity index (χ2n) is 4.36. The summed E-state index contributed by atoms with van der Waals surface area (Å²) >= 11 is 0. The van der Waals surface area contributed by atoms with Crippen molar-refractivity contribution in [3.05, 3.63) is 0 Å². The summed E-state index contributed by atoms with van der Waals surface area (Å²) in [6.07, 6.45) is -1.65. The number of nitrogens with one attached hydrogen (secondary N) is 1. The highest BCUT2D eigenvalue weighted by Crippen LogP contribution is 2.27. The Kier molecular flexibility index (Phi) is 2.53. The largest absolute Gasteiger partial charge is 0.389 e. The van der Waals surface area contributed by atoms with Crippen LogP contribution in [-0.4, -0.2) is 53.5 Å². The smallest absolute Gasteiger partial charge is 0.163 e. The Balaban J connectivity index is 1.97. The zero-order valence-electron chi connectivity index (χ0n) is 8.43. The Labute approximate surface area is 83.0 Å². The van der Waals surface area contributed by atoms with E-state index in [1.165, 1.54) is 0 Å². The van der Waals surface area contributed by atoms with Crippen LogP contribution in [0.1, 0.15) is 13.8 Å². The highest BCUT2D eigenvalue weighted by Gasteiger charge is 2.44. The lowest BCUT2D eigenvalue weighted by atomic mass is 10.1. The summed E-state index contributed by atoms with van der Waals surface area (Å²) in [6.45, 7) is 4.54. The summed E-state index contributed by atoms with van der Waals surface area (Å²) in [5, 5.41) is 22.0. The molecule has 2 aliphatic rings. The number of aliphatic hydroxyl groups excluding tert-OH is 2. The topological polar surface area (TPSA) is 71.0 Å². The molecule has 2 fully saturated rings. The van der Waals surface area contributed by atoms with Crippen LogP contribution < -0.4 is 5.32 Å². The van der Waals surface area contributed by atoms with E-state index in [0.29, 0.717) is 13.2 Å². The maximum Gasteiger partial charge on any atom is 0.163 e. The van der Waals surface area contributed by atoms with E-state index >= 15 is 0 Å². The molecule has 2 saturated heterocycles. The first-order valence-electron chi connectivity index (χ1n) is 4.91. The lowest BCUT2D eigenvalue weighted by molar-refractivity contribution is -0.145. The molecule has 2 rings (SSSR count). The summed E-state index contributed by atoms with van der Waals surface area (Å²) in [4.78, 5) is 0. The van der Waals surface area contributed by atoms with Gasteiger partial charge in [0.15, 0.2) is 5.79 Å². The number of β-amino-alcohol motifs (C(OH)–C–C–N with tert-alkyl or cyclic N) is 1. The van der Waals surface area contributed by atoms with E-state index in [1.807, 2.05) is 13.8 Å². The molecule has 0 aromatic heterocycles. The Bertz CT molecular complexity index is 221. The molecule has 0 unspecified atom stereocenters. The van der Waals surface area contributed by atoms with Crippen LogP contribution in [0.2, 0.25) is 0 Å². The van der Waals surface area contributed by atoms with Gasteiger partial charge >= 0.3 is 0 Å². The Morgan fingerprint density at radius 2 is 2.07 bits per heavy atom. The summed E-state index contributed by atoms with van der Waals surface area (Å²) in [6, 6.07) is -0.230. The van der Waals surface area contributed by atoms with Gasteiger partial charge in [-0.2, -0.15) is 0 Å². The second kappa shape index (κ2) is 3.43. The van der Waals surface area contributed by atoms with Crippen molar-refractivity contribution in [2.24, 2.45) is 0 Å². The van der Waals surface area contributed by atoms with Crippen molar-refractivity contribution < 1.29 is 19.7 Å². The molecular weight excluding hydrogens is 186 g/mol. The van der Waals surface area contributed by atoms with Crippen LogP contribution in [-0.2, 0) is 9.47 Å². The van der Waals surface area contributed by atoms with Gasteiger partial charge in [-0.05, 0) is 13.8 Å². The van der Waals surface area contributed by atoms with E-state index in [1.54, 1.807) is 0 Å².